The second kappa shape index (κ2) is 7.99. The normalized spacial score (nSPS) is 11.9. The van der Waals surface area contributed by atoms with Crippen LogP contribution in [0.5, 0.6) is 0 Å². The van der Waals surface area contributed by atoms with E-state index < -0.39 is 0 Å². The minimum absolute atomic E-state index is 0. The summed E-state index contributed by atoms with van der Waals surface area (Å²) < 4.78 is 0. The van der Waals surface area contributed by atoms with Crippen molar-refractivity contribution >= 4 is 24.2 Å². The van der Waals surface area contributed by atoms with E-state index in [9.17, 15) is 0 Å². The van der Waals surface area contributed by atoms with Crippen LogP contribution in [-0.2, 0) is 0 Å². The fraction of sp³-hybridized carbons (Fsp3) is 0.455. The molecule has 0 saturated heterocycles. The van der Waals surface area contributed by atoms with Crippen molar-refractivity contribution in [1.82, 2.24) is 0 Å². The maximum Gasteiger partial charge on any atom is 0.0449 e. The molecule has 0 fully saturated rings. The topological polar surface area (TPSA) is 46.2 Å². The van der Waals surface area contributed by atoms with Crippen molar-refractivity contribution in [3.63, 3.8) is 0 Å². The number of hydrogen-bond donors (Lipinski definition) is 2. The van der Waals surface area contributed by atoms with Crippen LogP contribution in [0.3, 0.4) is 0 Å². The molecule has 0 amide bonds. The summed E-state index contributed by atoms with van der Waals surface area (Å²) in [4.78, 5) is 1.27. The van der Waals surface area contributed by atoms with Crippen LogP contribution in [0, 0.1) is 0 Å². The third kappa shape index (κ3) is 4.89. The Labute approximate surface area is 102 Å². The smallest absolute Gasteiger partial charge is 0.0449 e. The van der Waals surface area contributed by atoms with Gasteiger partial charge in [0, 0.05) is 17.5 Å². The van der Waals surface area contributed by atoms with Crippen molar-refractivity contribution in [3.8, 4) is 0 Å². The first kappa shape index (κ1) is 14.8. The Kier molecular flexibility index (Phi) is 7.88. The summed E-state index contributed by atoms with van der Waals surface area (Å²) in [6.45, 7) is 2.28. The molecule has 1 aromatic carbocycles. The average molecular weight is 248 g/mol. The molecular formula is C11H18ClNOS. The first-order valence-corrected chi connectivity index (χ1v) is 5.85. The van der Waals surface area contributed by atoms with Gasteiger partial charge in [-0.05, 0) is 29.9 Å². The summed E-state index contributed by atoms with van der Waals surface area (Å²) in [5.41, 5.74) is 6.96. The Bertz CT molecular complexity index is 266. The zero-order chi connectivity index (χ0) is 10.4. The predicted molar refractivity (Wildman–Crippen MR) is 68.7 cm³/mol. The fourth-order valence-electron chi connectivity index (χ4n) is 1.28. The Hall–Kier alpha value is -0.220. The molecule has 15 heavy (non-hydrogen) atoms. The van der Waals surface area contributed by atoms with Crippen molar-refractivity contribution in [1.29, 1.82) is 0 Å². The molecule has 0 saturated carbocycles. The molecule has 86 valence electrons. The van der Waals surface area contributed by atoms with E-state index in [-0.39, 0.29) is 25.1 Å². The summed E-state index contributed by atoms with van der Waals surface area (Å²) in [7, 11) is 0. The summed E-state index contributed by atoms with van der Waals surface area (Å²) in [6.07, 6.45) is 0.625. The molecule has 0 aromatic heterocycles. The van der Waals surface area contributed by atoms with Gasteiger partial charge in [-0.2, -0.15) is 0 Å². The molecule has 0 unspecified atom stereocenters. The van der Waals surface area contributed by atoms with Gasteiger partial charge in [0.15, 0.2) is 0 Å². The van der Waals surface area contributed by atoms with E-state index in [0.29, 0.717) is 6.42 Å². The summed E-state index contributed by atoms with van der Waals surface area (Å²) in [5, 5.41) is 8.75. The van der Waals surface area contributed by atoms with Gasteiger partial charge in [0.1, 0.15) is 0 Å². The average Bonchev–Trinajstić information content (AvgIpc) is 2.20. The molecule has 0 aliphatic rings. The quantitative estimate of drug-likeness (QED) is 0.787. The van der Waals surface area contributed by atoms with E-state index in [1.807, 2.05) is 23.9 Å². The van der Waals surface area contributed by atoms with Crippen molar-refractivity contribution in [2.24, 2.45) is 5.73 Å². The minimum atomic E-state index is -0.0410. The lowest BCUT2D eigenvalue weighted by atomic mass is 10.1. The van der Waals surface area contributed by atoms with E-state index in [0.717, 1.165) is 11.3 Å². The predicted octanol–water partition coefficient (Wildman–Crippen LogP) is 2.60. The van der Waals surface area contributed by atoms with E-state index in [1.165, 1.54) is 4.90 Å². The highest BCUT2D eigenvalue weighted by Gasteiger charge is 2.04. The van der Waals surface area contributed by atoms with Crippen molar-refractivity contribution < 1.29 is 5.11 Å². The van der Waals surface area contributed by atoms with Gasteiger partial charge in [-0.1, -0.05) is 19.1 Å². The Morgan fingerprint density at radius 1 is 1.33 bits per heavy atom. The zero-order valence-corrected chi connectivity index (χ0v) is 10.5. The fourth-order valence-corrected chi connectivity index (χ4v) is 1.95. The number of halogens is 1. The van der Waals surface area contributed by atoms with E-state index in [2.05, 4.69) is 19.1 Å². The molecule has 1 rings (SSSR count). The zero-order valence-electron chi connectivity index (χ0n) is 8.85. The van der Waals surface area contributed by atoms with Gasteiger partial charge >= 0.3 is 0 Å². The molecule has 0 heterocycles. The molecule has 3 N–H and O–H groups in total. The Balaban J connectivity index is 0.00000196. The lowest BCUT2D eigenvalue weighted by Crippen LogP contribution is -2.11. The number of benzene rings is 1. The number of rotatable bonds is 5. The van der Waals surface area contributed by atoms with Crippen LogP contribution in [0.15, 0.2) is 29.2 Å². The molecule has 1 atom stereocenters. The molecule has 2 nitrogen and oxygen atoms in total. The van der Waals surface area contributed by atoms with Gasteiger partial charge in [0.2, 0.25) is 0 Å². The molecular weight excluding hydrogens is 230 g/mol. The summed E-state index contributed by atoms with van der Waals surface area (Å²) in [6, 6.07) is 8.21. The van der Waals surface area contributed by atoms with E-state index >= 15 is 0 Å². The Morgan fingerprint density at radius 3 is 2.40 bits per heavy atom. The van der Waals surface area contributed by atoms with Crippen LogP contribution in [0.25, 0.3) is 0 Å². The molecule has 0 aliphatic heterocycles. The maximum atomic E-state index is 8.75. The van der Waals surface area contributed by atoms with Gasteiger partial charge in [-0.3, -0.25) is 0 Å². The van der Waals surface area contributed by atoms with E-state index in [4.69, 9.17) is 10.8 Å². The van der Waals surface area contributed by atoms with Crippen LogP contribution >= 0.6 is 24.2 Å². The number of hydrogen-bond acceptors (Lipinski definition) is 3. The highest BCUT2D eigenvalue weighted by molar-refractivity contribution is 7.99. The van der Waals surface area contributed by atoms with Crippen molar-refractivity contribution in [3.05, 3.63) is 29.8 Å². The van der Waals surface area contributed by atoms with Crippen LogP contribution in [0.2, 0.25) is 0 Å². The maximum absolute atomic E-state index is 8.75. The van der Waals surface area contributed by atoms with Crippen LogP contribution in [-0.4, -0.2) is 17.5 Å². The SMILES string of the molecule is CCSc1ccc([C@H](N)CCO)cc1.Cl. The lowest BCUT2D eigenvalue weighted by Gasteiger charge is -2.10. The van der Waals surface area contributed by atoms with Crippen LogP contribution in [0.1, 0.15) is 24.9 Å². The lowest BCUT2D eigenvalue weighted by molar-refractivity contribution is 0.276. The highest BCUT2D eigenvalue weighted by atomic mass is 35.5. The molecule has 1 aromatic rings. The number of nitrogens with two attached hydrogens (primary N) is 1. The third-order valence-corrected chi connectivity index (χ3v) is 2.95. The minimum Gasteiger partial charge on any atom is -0.396 e. The standard InChI is InChI=1S/C11H17NOS.ClH/c1-2-14-10-5-3-9(4-6-10)11(12)7-8-13;/h3-6,11,13H,2,7-8,12H2,1H3;1H/t11-;/m1./s1. The van der Waals surface area contributed by atoms with Gasteiger partial charge in [-0.25, -0.2) is 0 Å². The van der Waals surface area contributed by atoms with Gasteiger partial charge in [0.25, 0.3) is 0 Å². The van der Waals surface area contributed by atoms with Crippen molar-refractivity contribution in [2.75, 3.05) is 12.4 Å². The number of aliphatic hydroxyl groups excluding tert-OH is 1. The second-order valence-electron chi connectivity index (χ2n) is 3.12. The largest absolute Gasteiger partial charge is 0.396 e. The van der Waals surface area contributed by atoms with Gasteiger partial charge in [-0.15, -0.1) is 24.2 Å². The van der Waals surface area contributed by atoms with Crippen LogP contribution < -0.4 is 5.73 Å². The van der Waals surface area contributed by atoms with Gasteiger partial charge < -0.3 is 10.8 Å². The molecule has 4 heteroatoms. The van der Waals surface area contributed by atoms with E-state index in [1.54, 1.807) is 0 Å². The second-order valence-corrected chi connectivity index (χ2v) is 4.46. The van der Waals surface area contributed by atoms with Gasteiger partial charge in [0.05, 0.1) is 0 Å². The molecule has 0 radical (unpaired) electrons. The molecule has 0 bridgehead atoms. The van der Waals surface area contributed by atoms with Crippen molar-refractivity contribution in [2.45, 2.75) is 24.3 Å². The first-order valence-electron chi connectivity index (χ1n) is 4.87. The monoisotopic (exact) mass is 247 g/mol. The number of aliphatic hydroxyl groups is 1. The summed E-state index contributed by atoms with van der Waals surface area (Å²) in [5.74, 6) is 1.09. The van der Waals surface area contributed by atoms with Crippen LogP contribution in [0.4, 0.5) is 0 Å². The Morgan fingerprint density at radius 2 is 1.93 bits per heavy atom. The highest BCUT2D eigenvalue weighted by Crippen LogP contribution is 2.20. The molecule has 0 spiro atoms. The molecule has 0 aliphatic carbocycles. The summed E-state index contributed by atoms with van der Waals surface area (Å²) >= 11 is 1.82. The number of thioether (sulfide) groups is 1. The first-order chi connectivity index (χ1) is 6.77. The third-order valence-electron chi connectivity index (χ3n) is 2.06.